The van der Waals surface area contributed by atoms with Gasteiger partial charge < -0.3 is 19.0 Å². The maximum atomic E-state index is 14.1. The number of aromatic amines is 1. The third-order valence-corrected chi connectivity index (χ3v) is 5.54. The van der Waals surface area contributed by atoms with Crippen molar-refractivity contribution in [2.24, 2.45) is 0 Å². The fourth-order valence-electron chi connectivity index (χ4n) is 3.28. The number of nitrogens with one attached hydrogen (secondary N) is 1. The largest absolute Gasteiger partial charge is 0.496 e. The normalized spacial score (nSPS) is 18.2. The van der Waals surface area contributed by atoms with Gasteiger partial charge in [0.1, 0.15) is 5.65 Å². The Morgan fingerprint density at radius 3 is 2.48 bits per heavy atom. The first-order valence-corrected chi connectivity index (χ1v) is 8.89. The first kappa shape index (κ1) is 18.0. The van der Waals surface area contributed by atoms with E-state index >= 15 is 0 Å². The highest BCUT2D eigenvalue weighted by Crippen LogP contribution is 2.38. The maximum absolute atomic E-state index is 14.1. The number of hydrogen-bond donors (Lipinski definition) is 1. The van der Waals surface area contributed by atoms with Gasteiger partial charge in [-0.1, -0.05) is 12.1 Å². The van der Waals surface area contributed by atoms with Gasteiger partial charge >= 0.3 is 7.12 Å². The molecule has 0 radical (unpaired) electrons. The molecule has 0 saturated carbocycles. The van der Waals surface area contributed by atoms with Gasteiger partial charge in [0.15, 0.2) is 11.6 Å². The van der Waals surface area contributed by atoms with Crippen LogP contribution in [-0.2, 0) is 9.31 Å². The van der Waals surface area contributed by atoms with Crippen molar-refractivity contribution in [1.82, 2.24) is 9.97 Å². The summed E-state index contributed by atoms with van der Waals surface area (Å²) >= 11 is 0. The lowest BCUT2D eigenvalue weighted by Gasteiger charge is -2.32. The lowest BCUT2D eigenvalue weighted by atomic mass is 9.79. The van der Waals surface area contributed by atoms with Crippen molar-refractivity contribution in [2.45, 2.75) is 38.9 Å². The predicted octanol–water partition coefficient (Wildman–Crippen LogP) is 3.68. The zero-order valence-corrected chi connectivity index (χ0v) is 16.1. The molecule has 5 nitrogen and oxygen atoms in total. The molecule has 1 fully saturated rings. The van der Waals surface area contributed by atoms with E-state index in [-0.39, 0.29) is 5.75 Å². The second kappa shape index (κ2) is 6.07. The smallest absolute Gasteiger partial charge is 0.493 e. The molecule has 0 atom stereocenters. The molecular formula is C20H22BFN2O3. The molecule has 7 heteroatoms. The fourth-order valence-corrected chi connectivity index (χ4v) is 3.28. The van der Waals surface area contributed by atoms with Crippen molar-refractivity contribution in [3.8, 4) is 16.9 Å². The number of hydrogen-bond acceptors (Lipinski definition) is 4. The summed E-state index contributed by atoms with van der Waals surface area (Å²) in [6, 6.07) is 6.84. The second-order valence-corrected chi connectivity index (χ2v) is 7.78. The predicted molar refractivity (Wildman–Crippen MR) is 104 cm³/mol. The highest BCUT2D eigenvalue weighted by atomic mass is 19.1. The lowest BCUT2D eigenvalue weighted by molar-refractivity contribution is 0.00578. The number of H-pyrrole nitrogens is 1. The molecule has 1 aliphatic heterocycles. The number of benzene rings is 1. The van der Waals surface area contributed by atoms with Crippen LogP contribution >= 0.6 is 0 Å². The van der Waals surface area contributed by atoms with E-state index < -0.39 is 24.1 Å². The van der Waals surface area contributed by atoms with E-state index in [4.69, 9.17) is 14.0 Å². The Bertz CT molecular complexity index is 1000. The maximum Gasteiger partial charge on any atom is 0.496 e. The molecule has 3 aromatic rings. The monoisotopic (exact) mass is 368 g/mol. The van der Waals surface area contributed by atoms with Crippen LogP contribution in [0.25, 0.3) is 22.2 Å². The topological polar surface area (TPSA) is 56.4 Å². The Morgan fingerprint density at radius 2 is 1.81 bits per heavy atom. The van der Waals surface area contributed by atoms with Crippen LogP contribution in [-0.4, -0.2) is 35.4 Å². The molecule has 140 valence electrons. The number of halogens is 1. The number of para-hydroxylation sites is 1. The van der Waals surface area contributed by atoms with Gasteiger partial charge in [-0.3, -0.25) is 0 Å². The van der Waals surface area contributed by atoms with E-state index in [0.29, 0.717) is 11.2 Å². The molecule has 1 saturated heterocycles. The van der Waals surface area contributed by atoms with Gasteiger partial charge in [-0.2, -0.15) is 0 Å². The molecule has 1 N–H and O–H groups in total. The minimum atomic E-state index is -0.510. The van der Waals surface area contributed by atoms with Crippen LogP contribution in [0.3, 0.4) is 0 Å². The van der Waals surface area contributed by atoms with Crippen LogP contribution in [0.1, 0.15) is 27.7 Å². The van der Waals surface area contributed by atoms with Gasteiger partial charge in [0.25, 0.3) is 0 Å². The van der Waals surface area contributed by atoms with Gasteiger partial charge in [0.05, 0.1) is 18.3 Å². The second-order valence-electron chi connectivity index (χ2n) is 7.78. The number of pyridine rings is 1. The van der Waals surface area contributed by atoms with Gasteiger partial charge in [0, 0.05) is 34.4 Å². The molecule has 0 aliphatic carbocycles. The van der Waals surface area contributed by atoms with Gasteiger partial charge in [-0.05, 0) is 39.8 Å². The van der Waals surface area contributed by atoms with Crippen molar-refractivity contribution in [1.29, 1.82) is 0 Å². The summed E-state index contributed by atoms with van der Waals surface area (Å²) in [7, 11) is 0.953. The summed E-state index contributed by atoms with van der Waals surface area (Å²) in [5, 5.41) is 0.853. The van der Waals surface area contributed by atoms with Crippen molar-refractivity contribution in [3.05, 3.63) is 42.5 Å². The van der Waals surface area contributed by atoms with Gasteiger partial charge in [-0.15, -0.1) is 0 Å². The van der Waals surface area contributed by atoms with Crippen LogP contribution in [0, 0.1) is 5.82 Å². The Balaban J connectivity index is 1.81. The highest BCUT2D eigenvalue weighted by Gasteiger charge is 2.51. The van der Waals surface area contributed by atoms with Crippen LogP contribution in [0.15, 0.2) is 36.7 Å². The van der Waals surface area contributed by atoms with Gasteiger partial charge in [-0.25, -0.2) is 9.37 Å². The van der Waals surface area contributed by atoms with Crippen molar-refractivity contribution in [2.75, 3.05) is 7.11 Å². The average molecular weight is 368 g/mol. The van der Waals surface area contributed by atoms with E-state index in [1.54, 1.807) is 12.3 Å². The Labute approximate surface area is 158 Å². The summed E-state index contributed by atoms with van der Waals surface area (Å²) < 4.78 is 31.7. The Hall–Kier alpha value is -2.38. The molecule has 2 aromatic heterocycles. The molecule has 1 aliphatic rings. The van der Waals surface area contributed by atoms with Crippen LogP contribution in [0.2, 0.25) is 0 Å². The number of nitrogens with zero attached hydrogens (tertiary/aromatic N) is 1. The number of fused-ring (bicyclic) bond motifs is 1. The molecule has 27 heavy (non-hydrogen) atoms. The summed E-state index contributed by atoms with van der Waals surface area (Å²) in [5.41, 5.74) is 2.14. The fraction of sp³-hybridized carbons (Fsp3) is 0.350. The van der Waals surface area contributed by atoms with E-state index in [1.807, 2.05) is 46.0 Å². The summed E-state index contributed by atoms with van der Waals surface area (Å²) in [6.45, 7) is 8.05. The van der Waals surface area contributed by atoms with Crippen LogP contribution in [0.5, 0.6) is 5.75 Å². The van der Waals surface area contributed by atoms with E-state index in [2.05, 4.69) is 9.97 Å². The zero-order valence-electron chi connectivity index (χ0n) is 16.1. The molecule has 1 aromatic carbocycles. The summed E-state index contributed by atoms with van der Waals surface area (Å²) in [5.74, 6) is -0.196. The minimum absolute atomic E-state index is 0.208. The quantitative estimate of drug-likeness (QED) is 0.717. The average Bonchev–Trinajstić information content (AvgIpc) is 3.12. The van der Waals surface area contributed by atoms with Crippen molar-refractivity contribution < 1.29 is 18.4 Å². The van der Waals surface area contributed by atoms with Gasteiger partial charge in [0.2, 0.25) is 0 Å². The summed E-state index contributed by atoms with van der Waals surface area (Å²) in [6.07, 6.45) is 3.55. The van der Waals surface area contributed by atoms with Crippen molar-refractivity contribution in [3.63, 3.8) is 0 Å². The standard InChI is InChI=1S/C20H22BFN2O3/c1-19(2)20(3,4)27-21(26-19)12-9-14-15(11-24-18(14)23-10-12)13-7-6-8-16(22)17(13)25-5/h6-11H,1-5H3,(H,23,24). The van der Waals surface area contributed by atoms with Crippen LogP contribution in [0.4, 0.5) is 4.39 Å². The van der Waals surface area contributed by atoms with Crippen LogP contribution < -0.4 is 10.2 Å². The highest BCUT2D eigenvalue weighted by molar-refractivity contribution is 6.62. The Kier molecular flexibility index (Phi) is 4.05. The first-order valence-electron chi connectivity index (χ1n) is 8.89. The Morgan fingerprint density at radius 1 is 1.11 bits per heavy atom. The summed E-state index contributed by atoms with van der Waals surface area (Å²) in [4.78, 5) is 7.63. The molecule has 0 bridgehead atoms. The van der Waals surface area contributed by atoms with E-state index in [0.717, 1.165) is 16.4 Å². The number of ether oxygens (including phenoxy) is 1. The zero-order chi connectivity index (χ0) is 19.4. The van der Waals surface area contributed by atoms with E-state index in [1.165, 1.54) is 13.2 Å². The number of methoxy groups -OCH3 is 1. The SMILES string of the molecule is COc1c(F)cccc1-c1c[nH]c2ncc(B3OC(C)(C)C(C)(C)O3)cc12. The number of aromatic nitrogens is 2. The molecule has 4 rings (SSSR count). The lowest BCUT2D eigenvalue weighted by Crippen LogP contribution is -2.41. The number of rotatable bonds is 3. The molecular weight excluding hydrogens is 346 g/mol. The molecule has 0 spiro atoms. The molecule has 3 heterocycles. The minimum Gasteiger partial charge on any atom is -0.493 e. The van der Waals surface area contributed by atoms with E-state index in [9.17, 15) is 4.39 Å². The van der Waals surface area contributed by atoms with Crippen molar-refractivity contribution >= 4 is 23.6 Å². The first-order chi connectivity index (χ1) is 12.7. The third-order valence-electron chi connectivity index (χ3n) is 5.54. The molecule has 0 amide bonds. The molecule has 0 unspecified atom stereocenters. The third kappa shape index (κ3) is 2.82.